The number of nitrogens with one attached hydrogen (secondary N) is 2. The molecular formula is C21H27ClN5O2+. The van der Waals surface area contributed by atoms with Crippen molar-refractivity contribution in [3.8, 4) is 11.9 Å². The summed E-state index contributed by atoms with van der Waals surface area (Å²) in [6.07, 6.45) is 9.62. The van der Waals surface area contributed by atoms with Gasteiger partial charge in [-0.05, 0) is 43.5 Å². The van der Waals surface area contributed by atoms with Gasteiger partial charge < -0.3 is 15.2 Å². The highest BCUT2D eigenvalue weighted by Gasteiger charge is 2.03. The minimum atomic E-state index is 0.0907. The van der Waals surface area contributed by atoms with Gasteiger partial charge in [-0.3, -0.25) is 10.3 Å². The minimum Gasteiger partial charge on any atom is -0.494 e. The highest BCUT2D eigenvalue weighted by atomic mass is 35.5. The molecule has 0 spiro atoms. The van der Waals surface area contributed by atoms with Crippen molar-refractivity contribution in [2.24, 2.45) is 4.99 Å². The Balaban J connectivity index is 1.64. The third kappa shape index (κ3) is 9.28. The normalized spacial score (nSPS) is 11.0. The summed E-state index contributed by atoms with van der Waals surface area (Å²) in [6.45, 7) is 1.94. The van der Waals surface area contributed by atoms with Gasteiger partial charge in [-0.25, -0.2) is 4.57 Å². The number of hydrogen-bond acceptors (Lipinski definition) is 4. The van der Waals surface area contributed by atoms with Crippen molar-refractivity contribution >= 4 is 23.2 Å². The van der Waals surface area contributed by atoms with Crippen molar-refractivity contribution < 1.29 is 14.4 Å². The van der Waals surface area contributed by atoms with Gasteiger partial charge in [-0.1, -0.05) is 18.0 Å². The number of nitrogens with zero attached hydrogens (tertiary/aromatic N) is 3. The lowest BCUT2D eigenvalue weighted by molar-refractivity contribution is -0.698. The SMILES string of the molecule is N#CNC(=NCCCCCCOc1ccc(Cl)cc1)Nc1cc[n+](CCO)cc1. The summed E-state index contributed by atoms with van der Waals surface area (Å²) in [6, 6.07) is 11.1. The van der Waals surface area contributed by atoms with Crippen LogP contribution in [0, 0.1) is 11.5 Å². The molecule has 8 heteroatoms. The maximum atomic E-state index is 8.94. The number of benzene rings is 1. The second-order valence-corrected chi connectivity index (χ2v) is 6.79. The predicted octanol–water partition coefficient (Wildman–Crippen LogP) is 3.10. The van der Waals surface area contributed by atoms with Crippen LogP contribution in [0.4, 0.5) is 5.69 Å². The molecule has 1 aromatic carbocycles. The molecule has 154 valence electrons. The summed E-state index contributed by atoms with van der Waals surface area (Å²) in [5, 5.41) is 24.2. The Morgan fingerprint density at radius 3 is 2.52 bits per heavy atom. The fourth-order valence-electron chi connectivity index (χ4n) is 2.58. The van der Waals surface area contributed by atoms with E-state index in [2.05, 4.69) is 15.6 Å². The van der Waals surface area contributed by atoms with E-state index >= 15 is 0 Å². The van der Waals surface area contributed by atoms with Crippen LogP contribution < -0.4 is 19.9 Å². The zero-order valence-electron chi connectivity index (χ0n) is 16.4. The van der Waals surface area contributed by atoms with E-state index in [-0.39, 0.29) is 6.61 Å². The molecular weight excluding hydrogens is 390 g/mol. The Bertz CT molecular complexity index is 788. The van der Waals surface area contributed by atoms with Gasteiger partial charge in [0.1, 0.15) is 12.4 Å². The molecule has 0 atom stereocenters. The second kappa shape index (κ2) is 13.4. The highest BCUT2D eigenvalue weighted by molar-refractivity contribution is 6.30. The average Bonchev–Trinajstić information content (AvgIpc) is 2.73. The molecule has 1 heterocycles. The van der Waals surface area contributed by atoms with E-state index in [4.69, 9.17) is 26.7 Å². The third-order valence-electron chi connectivity index (χ3n) is 4.09. The van der Waals surface area contributed by atoms with Gasteiger partial charge in [0.15, 0.2) is 25.1 Å². The summed E-state index contributed by atoms with van der Waals surface area (Å²) in [5.41, 5.74) is 0.819. The molecule has 0 saturated carbocycles. The molecule has 0 fully saturated rings. The van der Waals surface area contributed by atoms with E-state index < -0.39 is 0 Å². The van der Waals surface area contributed by atoms with Crippen LogP contribution in [0.1, 0.15) is 25.7 Å². The molecule has 0 saturated heterocycles. The maximum absolute atomic E-state index is 8.94. The van der Waals surface area contributed by atoms with Crippen LogP contribution in [0.5, 0.6) is 5.75 Å². The van der Waals surface area contributed by atoms with Gasteiger partial charge in [-0.15, -0.1) is 0 Å². The number of aromatic nitrogens is 1. The molecule has 0 aliphatic heterocycles. The monoisotopic (exact) mass is 416 g/mol. The minimum absolute atomic E-state index is 0.0907. The highest BCUT2D eigenvalue weighted by Crippen LogP contribution is 2.16. The standard InChI is InChI=1S/C21H26ClN5O2/c22-18-5-7-20(8-6-18)29-16-4-2-1-3-11-24-21(25-17-23)26-19-9-12-27(13-10-19)14-15-28/h5-10,12-13,28H,1-4,11,14-16H2,(H,24,25)/p+1. The Morgan fingerprint density at radius 2 is 1.83 bits per heavy atom. The molecule has 1 aromatic heterocycles. The first-order valence-corrected chi connectivity index (χ1v) is 10.0. The van der Waals surface area contributed by atoms with Gasteiger partial charge in [0, 0.05) is 23.7 Å². The quantitative estimate of drug-likeness (QED) is 0.131. The topological polar surface area (TPSA) is 93.5 Å². The summed E-state index contributed by atoms with van der Waals surface area (Å²) in [4.78, 5) is 4.42. The van der Waals surface area contributed by atoms with Crippen molar-refractivity contribution in [1.82, 2.24) is 5.32 Å². The van der Waals surface area contributed by atoms with E-state index in [1.807, 2.05) is 59.6 Å². The van der Waals surface area contributed by atoms with Crippen molar-refractivity contribution in [2.75, 3.05) is 25.1 Å². The number of guanidine groups is 1. The molecule has 7 nitrogen and oxygen atoms in total. The Hall–Kier alpha value is -2.82. The molecule has 3 N–H and O–H groups in total. The number of hydrogen-bond donors (Lipinski definition) is 3. The Kier molecular flexibility index (Phi) is 10.4. The first kappa shape index (κ1) is 22.5. The summed E-state index contributed by atoms with van der Waals surface area (Å²) >= 11 is 5.85. The molecule has 0 aliphatic carbocycles. The van der Waals surface area contributed by atoms with Crippen LogP contribution in [0.3, 0.4) is 0 Å². The first-order chi connectivity index (χ1) is 14.2. The van der Waals surface area contributed by atoms with Gasteiger partial charge >= 0.3 is 0 Å². The number of halogens is 1. The molecule has 2 aromatic rings. The number of unbranched alkanes of at least 4 members (excludes halogenated alkanes) is 3. The third-order valence-corrected chi connectivity index (χ3v) is 4.34. The van der Waals surface area contributed by atoms with E-state index in [0.29, 0.717) is 30.7 Å². The van der Waals surface area contributed by atoms with Gasteiger partial charge in [0.05, 0.1) is 12.3 Å². The van der Waals surface area contributed by atoms with Gasteiger partial charge in [0.2, 0.25) is 5.96 Å². The number of pyridine rings is 1. The Morgan fingerprint density at radius 1 is 1.10 bits per heavy atom. The lowest BCUT2D eigenvalue weighted by atomic mass is 10.2. The lowest BCUT2D eigenvalue weighted by Gasteiger charge is -2.08. The number of aliphatic hydroxyl groups is 1. The van der Waals surface area contributed by atoms with Gasteiger partial charge in [-0.2, -0.15) is 5.26 Å². The van der Waals surface area contributed by atoms with E-state index in [1.54, 1.807) is 0 Å². The van der Waals surface area contributed by atoms with Crippen LogP contribution in [0.2, 0.25) is 5.02 Å². The molecule has 0 aliphatic rings. The fraction of sp³-hybridized carbons (Fsp3) is 0.381. The summed E-state index contributed by atoms with van der Waals surface area (Å²) < 4.78 is 7.54. The van der Waals surface area contributed by atoms with Crippen LogP contribution >= 0.6 is 11.6 Å². The number of anilines is 1. The van der Waals surface area contributed by atoms with E-state index in [0.717, 1.165) is 37.1 Å². The zero-order chi connectivity index (χ0) is 20.7. The predicted molar refractivity (Wildman–Crippen MR) is 114 cm³/mol. The molecule has 0 radical (unpaired) electrons. The molecule has 29 heavy (non-hydrogen) atoms. The lowest BCUT2D eigenvalue weighted by Crippen LogP contribution is -2.35. The van der Waals surface area contributed by atoms with Crippen LogP contribution in [-0.2, 0) is 6.54 Å². The fourth-order valence-corrected chi connectivity index (χ4v) is 2.71. The van der Waals surface area contributed by atoms with Crippen molar-refractivity contribution in [3.05, 3.63) is 53.8 Å². The number of aliphatic hydroxyl groups excluding tert-OH is 1. The van der Waals surface area contributed by atoms with Crippen molar-refractivity contribution in [3.63, 3.8) is 0 Å². The number of nitriles is 1. The van der Waals surface area contributed by atoms with E-state index in [1.165, 1.54) is 0 Å². The Labute approximate surface area is 176 Å². The zero-order valence-corrected chi connectivity index (χ0v) is 17.1. The molecule has 2 rings (SSSR count). The van der Waals surface area contributed by atoms with Crippen molar-refractivity contribution in [2.45, 2.75) is 32.2 Å². The average molecular weight is 417 g/mol. The second-order valence-electron chi connectivity index (χ2n) is 6.36. The molecule has 0 bridgehead atoms. The molecule has 0 amide bonds. The summed E-state index contributed by atoms with van der Waals surface area (Å²) in [5.74, 6) is 1.26. The number of aliphatic imine (C=N–C) groups is 1. The van der Waals surface area contributed by atoms with E-state index in [9.17, 15) is 0 Å². The van der Waals surface area contributed by atoms with Crippen LogP contribution in [-0.4, -0.2) is 30.8 Å². The number of ether oxygens (including phenoxy) is 1. The van der Waals surface area contributed by atoms with Crippen LogP contribution in [0.25, 0.3) is 0 Å². The van der Waals surface area contributed by atoms with Crippen LogP contribution in [0.15, 0.2) is 53.8 Å². The number of rotatable bonds is 11. The van der Waals surface area contributed by atoms with Gasteiger partial charge in [0.25, 0.3) is 0 Å². The maximum Gasteiger partial charge on any atom is 0.209 e. The largest absolute Gasteiger partial charge is 0.494 e. The molecule has 0 unspecified atom stereocenters. The summed E-state index contributed by atoms with van der Waals surface area (Å²) in [7, 11) is 0. The first-order valence-electron chi connectivity index (χ1n) is 9.66. The smallest absolute Gasteiger partial charge is 0.209 e. The van der Waals surface area contributed by atoms with Crippen molar-refractivity contribution in [1.29, 1.82) is 5.26 Å².